The van der Waals surface area contributed by atoms with Gasteiger partial charge in [0.15, 0.2) is 30.5 Å². The van der Waals surface area contributed by atoms with Gasteiger partial charge in [-0.05, 0) is 61.9 Å². The summed E-state index contributed by atoms with van der Waals surface area (Å²) in [6, 6.07) is 13.0. The highest BCUT2D eigenvalue weighted by Gasteiger charge is 2.52. The summed E-state index contributed by atoms with van der Waals surface area (Å²) in [6.45, 7) is 2.68. The van der Waals surface area contributed by atoms with Crippen molar-refractivity contribution in [2.45, 2.75) is 137 Å². The quantitative estimate of drug-likeness (QED) is 0.0485. The summed E-state index contributed by atoms with van der Waals surface area (Å²) in [5.74, 6) is -4.05. The zero-order valence-corrected chi connectivity index (χ0v) is 39.9. The number of ether oxygens (including phenoxy) is 10. The van der Waals surface area contributed by atoms with Crippen molar-refractivity contribution in [3.63, 3.8) is 0 Å². The Labute approximate surface area is 424 Å². The first-order valence-electron chi connectivity index (χ1n) is 23.4. The van der Waals surface area contributed by atoms with Crippen LogP contribution in [0.4, 0.5) is 0 Å². The largest absolute Gasteiger partial charge is 0.508 e. The number of carbonyl (C=O) groups is 2. The van der Waals surface area contributed by atoms with Crippen LogP contribution in [0.1, 0.15) is 26.3 Å². The fraction of sp³-hybridized carbons (Fsp3) is 0.490. The predicted octanol–water partition coefficient (Wildman–Crippen LogP) is -1.89. The van der Waals surface area contributed by atoms with Gasteiger partial charge in [-0.1, -0.05) is 12.1 Å². The van der Waals surface area contributed by atoms with Gasteiger partial charge >= 0.3 is 11.9 Å². The number of benzene rings is 3. The molecule has 75 heavy (non-hydrogen) atoms. The van der Waals surface area contributed by atoms with Crippen LogP contribution >= 0.6 is 0 Å². The van der Waals surface area contributed by atoms with Crippen LogP contribution in [0.3, 0.4) is 0 Å². The molecule has 0 spiro atoms. The van der Waals surface area contributed by atoms with Gasteiger partial charge in [-0.3, -0.25) is 9.59 Å². The highest BCUT2D eigenvalue weighted by atomic mass is 16.8. The Morgan fingerprint density at radius 1 is 0.653 bits per heavy atom. The van der Waals surface area contributed by atoms with Gasteiger partial charge in [0.2, 0.25) is 23.8 Å². The van der Waals surface area contributed by atoms with Crippen LogP contribution in [0.25, 0.3) is 28.4 Å². The Balaban J connectivity index is 1.02. The van der Waals surface area contributed by atoms with Gasteiger partial charge in [0.05, 0.1) is 25.4 Å². The first kappa shape index (κ1) is 55.2. The van der Waals surface area contributed by atoms with Crippen LogP contribution in [-0.4, -0.2) is 203 Å². The summed E-state index contributed by atoms with van der Waals surface area (Å²) in [6.07, 6.45) is -29.5. The lowest BCUT2D eigenvalue weighted by molar-refractivity contribution is -0.352. The highest BCUT2D eigenvalue weighted by molar-refractivity contribution is 5.88. The van der Waals surface area contributed by atoms with E-state index in [2.05, 4.69) is 0 Å². The van der Waals surface area contributed by atoms with Crippen LogP contribution < -0.4 is 14.9 Å². The number of fused-ring (bicyclic) bond motifs is 1. The smallest absolute Gasteiger partial charge is 0.331 e. The minimum absolute atomic E-state index is 0.0143. The van der Waals surface area contributed by atoms with Crippen LogP contribution in [0.5, 0.6) is 28.7 Å². The molecule has 0 radical (unpaired) electrons. The van der Waals surface area contributed by atoms with Gasteiger partial charge in [0.25, 0.3) is 0 Å². The third-order valence-electron chi connectivity index (χ3n) is 12.7. The second-order valence-corrected chi connectivity index (χ2v) is 18.2. The Morgan fingerprint density at radius 3 is 1.95 bits per heavy atom. The third kappa shape index (κ3) is 12.0. The minimum atomic E-state index is -2.10. The van der Waals surface area contributed by atoms with Crippen LogP contribution in [0.15, 0.2) is 76.0 Å². The second-order valence-electron chi connectivity index (χ2n) is 18.2. The fourth-order valence-electron chi connectivity index (χ4n) is 8.71. The molecule has 26 nitrogen and oxygen atoms in total. The summed E-state index contributed by atoms with van der Waals surface area (Å²) >= 11 is 0. The van der Waals surface area contributed by atoms with Gasteiger partial charge in [0, 0.05) is 30.7 Å². The Kier molecular flexibility index (Phi) is 17.0. The molecule has 12 N–H and O–H groups in total. The monoisotopic (exact) mass is 1060 g/mol. The molecule has 0 aliphatic carbocycles. The predicted molar refractivity (Wildman–Crippen MR) is 247 cm³/mol. The molecule has 1 aromatic heterocycles. The molecular formula is C49H56O26. The normalized spacial score (nSPS) is 35.2. The number of aromatic hydroxyl groups is 3. The van der Waals surface area contributed by atoms with Crippen molar-refractivity contribution in [1.29, 1.82) is 0 Å². The van der Waals surface area contributed by atoms with Crippen molar-refractivity contribution in [1.82, 2.24) is 0 Å². The van der Waals surface area contributed by atoms with Crippen LogP contribution in [0.2, 0.25) is 0 Å². The molecule has 8 rings (SSSR count). The molecule has 0 unspecified atom stereocenters. The van der Waals surface area contributed by atoms with Crippen LogP contribution in [-0.2, 0) is 47.5 Å². The van der Waals surface area contributed by atoms with E-state index in [0.29, 0.717) is 5.56 Å². The number of esters is 2. The summed E-state index contributed by atoms with van der Waals surface area (Å²) < 4.78 is 63.1. The summed E-state index contributed by atoms with van der Waals surface area (Å²) in [5.41, 5.74) is -0.862. The molecule has 4 saturated heterocycles. The van der Waals surface area contributed by atoms with Crippen molar-refractivity contribution in [3.05, 3.63) is 82.5 Å². The number of rotatable bonds is 14. The first-order chi connectivity index (χ1) is 35.6. The lowest BCUT2D eigenvalue weighted by atomic mass is 9.97. The standard InChI is InChI=1S/C49H56O26/c1-18-41(69-20(3)50)36(60)39(63)48(68-18)70-25-14-26(53)31-28(15-25)71-43(22-7-11-24(52)12-8-22)44(34(31)58)75-49-38(62)35(59)33(57)29(72-49)17-66-47-40(64)45(74-46-37(61)32(56)27(54)16-65-46)42(19(2)67-47)73-30(55)13-6-21-4-9-23(51)10-5-21/h4-15,18-19,27,29,32-33,35-42,45-49,51-54,56-57,59-64H,16-17H2,1-3H3/b13-6+/t18-,19-,27+,29+,32-,33+,35-,36-,37+,38+,39+,40+,41-,42-,45-,46-,47+,48-,49-/m0/s1. The third-order valence-corrected chi connectivity index (χ3v) is 12.7. The van der Waals surface area contributed by atoms with Gasteiger partial charge in [-0.15, -0.1) is 0 Å². The van der Waals surface area contributed by atoms with E-state index in [1.54, 1.807) is 0 Å². The molecular weight excluding hydrogens is 1000 g/mol. The van der Waals surface area contributed by atoms with Crippen molar-refractivity contribution in [3.8, 4) is 40.1 Å². The number of carbonyl (C=O) groups excluding carboxylic acids is 2. The molecule has 19 atom stereocenters. The van der Waals surface area contributed by atoms with Gasteiger partial charge in [0.1, 0.15) is 101 Å². The Morgan fingerprint density at radius 2 is 1.27 bits per heavy atom. The zero-order valence-electron chi connectivity index (χ0n) is 39.9. The van der Waals surface area contributed by atoms with Gasteiger partial charge in [-0.2, -0.15) is 0 Å². The van der Waals surface area contributed by atoms with E-state index in [4.69, 9.17) is 51.8 Å². The lowest BCUT2D eigenvalue weighted by Gasteiger charge is -2.46. The summed E-state index contributed by atoms with van der Waals surface area (Å²) in [5, 5.41) is 128. The number of hydrogen-bond acceptors (Lipinski definition) is 26. The molecule has 26 heteroatoms. The molecule has 4 aliphatic rings. The van der Waals surface area contributed by atoms with Crippen LogP contribution in [0, 0.1) is 0 Å². The molecule has 0 bridgehead atoms. The van der Waals surface area contributed by atoms with E-state index < -0.39 is 170 Å². The van der Waals surface area contributed by atoms with Crippen molar-refractivity contribution in [2.24, 2.45) is 0 Å². The SMILES string of the molecule is CC(=O)O[C@@H]1[C@@H](O)[C@@H](O)[C@H](Oc2cc(O)c3c(=O)c(O[C@@H]4O[C@H](CO[C@@H]5O[C@@H](C)[C@H](OC(=O)/C=C/c6ccc(O)cc6)[C@@H](O[C@@H]6OC[C@@H](O)[C@H](O)[C@H]6O)[C@H]5O)[C@@H](O)[C@H](O)[C@H]4O)c(-c4ccc(O)cc4)oc3c2)O[C@H]1C. The maximum atomic E-state index is 14.4. The van der Waals surface area contributed by atoms with E-state index in [9.17, 15) is 75.7 Å². The average molecular weight is 1060 g/mol. The van der Waals surface area contributed by atoms with E-state index in [1.165, 1.54) is 68.5 Å². The lowest BCUT2D eigenvalue weighted by Crippen LogP contribution is -2.64. The summed E-state index contributed by atoms with van der Waals surface area (Å²) in [4.78, 5) is 39.1. The molecule has 4 aliphatic heterocycles. The second kappa shape index (κ2) is 23.1. The number of phenols is 3. The molecule has 4 fully saturated rings. The minimum Gasteiger partial charge on any atom is -0.508 e. The molecule has 5 heterocycles. The fourth-order valence-corrected chi connectivity index (χ4v) is 8.71. The molecule has 408 valence electrons. The van der Waals surface area contributed by atoms with E-state index >= 15 is 0 Å². The number of aliphatic hydroxyl groups excluding tert-OH is 9. The molecule has 4 aromatic rings. The topological polar surface area (TPSA) is 399 Å². The first-order valence-corrected chi connectivity index (χ1v) is 23.4. The van der Waals surface area contributed by atoms with Crippen molar-refractivity contribution < 1.29 is 123 Å². The Hall–Kier alpha value is -6.05. The van der Waals surface area contributed by atoms with E-state index in [1.807, 2.05) is 0 Å². The Bertz CT molecular complexity index is 2710. The highest BCUT2D eigenvalue weighted by Crippen LogP contribution is 2.39. The molecule has 0 amide bonds. The number of hydrogen-bond donors (Lipinski definition) is 12. The number of phenolic OH excluding ortho intramolecular Hbond substituents is 3. The molecule has 3 aromatic carbocycles. The van der Waals surface area contributed by atoms with Gasteiger partial charge in [-0.25, -0.2) is 4.79 Å². The zero-order chi connectivity index (χ0) is 54.2. The van der Waals surface area contributed by atoms with Crippen molar-refractivity contribution in [2.75, 3.05) is 13.2 Å². The molecule has 0 saturated carbocycles. The van der Waals surface area contributed by atoms with E-state index in [-0.39, 0.29) is 28.4 Å². The van der Waals surface area contributed by atoms with Gasteiger partial charge < -0.3 is 113 Å². The maximum absolute atomic E-state index is 14.4. The maximum Gasteiger partial charge on any atom is 0.331 e. The average Bonchev–Trinajstić information content (AvgIpc) is 3.37. The van der Waals surface area contributed by atoms with Crippen molar-refractivity contribution >= 4 is 29.0 Å². The number of aliphatic hydroxyl groups is 9. The van der Waals surface area contributed by atoms with E-state index in [0.717, 1.165) is 25.1 Å². The summed E-state index contributed by atoms with van der Waals surface area (Å²) in [7, 11) is 0.